The molecule has 40 heavy (non-hydrogen) atoms. The van der Waals surface area contributed by atoms with E-state index in [-0.39, 0.29) is 38.2 Å². The maximum atomic E-state index is 13.3. The molecule has 0 aromatic heterocycles. The Balaban J connectivity index is 2.37. The van der Waals surface area contributed by atoms with Crippen LogP contribution in [0.1, 0.15) is 38.2 Å². The Kier molecular flexibility index (Phi) is 12.3. The van der Waals surface area contributed by atoms with Crippen molar-refractivity contribution in [2.24, 2.45) is 16.5 Å². The minimum absolute atomic E-state index is 0.0554. The Morgan fingerprint density at radius 3 is 2.10 bits per heavy atom. The molecule has 10 N–H and O–H groups in total. The normalized spacial score (nSPS) is 22.8. The zero-order chi connectivity index (χ0) is 29.7. The van der Waals surface area contributed by atoms with Crippen molar-refractivity contribution < 1.29 is 33.9 Å². The summed E-state index contributed by atoms with van der Waals surface area (Å²) in [6, 6.07) is 4.09. The second kappa shape index (κ2) is 15.7. The van der Waals surface area contributed by atoms with Crippen molar-refractivity contribution in [1.29, 1.82) is 0 Å². The molecule has 1 aromatic carbocycles. The number of carbonyl (C=O) groups is 6. The van der Waals surface area contributed by atoms with Crippen LogP contribution in [0.5, 0.6) is 0 Å². The average molecular weight is 561 g/mol. The molecule has 0 aliphatic carbocycles. The second-order valence-electron chi connectivity index (χ2n) is 9.26. The van der Waals surface area contributed by atoms with Crippen LogP contribution in [0.15, 0.2) is 35.3 Å². The third kappa shape index (κ3) is 11.0. The van der Waals surface area contributed by atoms with Crippen LogP contribution in [-0.2, 0) is 35.2 Å². The van der Waals surface area contributed by atoms with Gasteiger partial charge >= 0.3 is 5.97 Å². The van der Waals surface area contributed by atoms with Gasteiger partial charge in [-0.3, -0.25) is 33.8 Å². The molecule has 0 bridgehead atoms. The number of hydrogen-bond donors (Lipinski definition) is 8. The molecule has 15 nitrogen and oxygen atoms in total. The molecule has 0 radical (unpaired) electrons. The largest absolute Gasteiger partial charge is 0.481 e. The van der Waals surface area contributed by atoms with E-state index >= 15 is 0 Å². The number of carbonyl (C=O) groups excluding carboxylic acids is 5. The molecular formula is C25H36N8O7. The van der Waals surface area contributed by atoms with Crippen LogP contribution in [0.3, 0.4) is 0 Å². The van der Waals surface area contributed by atoms with Crippen molar-refractivity contribution in [3.8, 4) is 0 Å². The fourth-order valence-electron chi connectivity index (χ4n) is 3.86. The van der Waals surface area contributed by atoms with E-state index in [1.165, 1.54) is 6.92 Å². The van der Waals surface area contributed by atoms with Crippen LogP contribution in [0, 0.1) is 0 Å². The van der Waals surface area contributed by atoms with E-state index in [0.717, 1.165) is 0 Å². The fourth-order valence-corrected chi connectivity index (χ4v) is 3.86. The van der Waals surface area contributed by atoms with Crippen molar-refractivity contribution in [2.45, 2.75) is 63.2 Å². The summed E-state index contributed by atoms with van der Waals surface area (Å²) >= 11 is 0. The van der Waals surface area contributed by atoms with E-state index in [1.54, 1.807) is 30.3 Å². The molecule has 2 rings (SSSR count). The Morgan fingerprint density at radius 2 is 1.48 bits per heavy atom. The van der Waals surface area contributed by atoms with Crippen LogP contribution < -0.4 is 38.1 Å². The summed E-state index contributed by atoms with van der Waals surface area (Å²) in [5.41, 5.74) is 11.3. The predicted octanol–water partition coefficient (Wildman–Crippen LogP) is -2.76. The summed E-state index contributed by atoms with van der Waals surface area (Å²) in [6.07, 6.45) is -0.325. The van der Waals surface area contributed by atoms with Gasteiger partial charge < -0.3 is 43.2 Å². The number of nitrogens with zero attached hydrogens (tertiary/aromatic N) is 1. The van der Waals surface area contributed by atoms with Crippen LogP contribution >= 0.6 is 0 Å². The monoisotopic (exact) mass is 560 g/mol. The van der Waals surface area contributed by atoms with Crippen LogP contribution in [0.2, 0.25) is 0 Å². The minimum atomic E-state index is -1.34. The second-order valence-corrected chi connectivity index (χ2v) is 9.26. The number of benzene rings is 1. The number of aliphatic imine (C=N–C) groups is 1. The number of amides is 5. The standard InChI is InChI=1S/C25H36N8O7/c1-14-21(37)33-18(12-15-6-3-2-4-7-15)24(40)32-17(9-10-20(35)36)23(39)31-16(8-5-11-28-25(26)27)22(38)29-13-19(34)30-14/h2-4,6-7,14,16-18H,5,8-13H2,1H3,(H,29,38)(H,30,34)(H,31,39)(H,32,40)(H,33,37)(H,35,36)(H4,26,27,28)/t14-,16-,17-,18+/m0/s1. The van der Waals surface area contributed by atoms with Crippen LogP contribution in [0.25, 0.3) is 0 Å². The summed E-state index contributed by atoms with van der Waals surface area (Å²) in [4.78, 5) is 79.7. The molecule has 15 heteroatoms. The van der Waals surface area contributed by atoms with Crippen LogP contribution in [0.4, 0.5) is 0 Å². The third-order valence-electron chi connectivity index (χ3n) is 5.97. The highest BCUT2D eigenvalue weighted by Crippen LogP contribution is 2.08. The van der Waals surface area contributed by atoms with Crippen molar-refractivity contribution in [3.05, 3.63) is 35.9 Å². The van der Waals surface area contributed by atoms with E-state index in [0.29, 0.717) is 5.56 Å². The predicted molar refractivity (Wildman–Crippen MR) is 143 cm³/mol. The number of carboxylic acid groups (broad SMARTS) is 1. The summed E-state index contributed by atoms with van der Waals surface area (Å²) in [5, 5.41) is 21.7. The van der Waals surface area contributed by atoms with Gasteiger partial charge in [0.2, 0.25) is 29.5 Å². The summed E-state index contributed by atoms with van der Waals surface area (Å²) in [6.45, 7) is 1.09. The van der Waals surface area contributed by atoms with E-state index in [2.05, 4.69) is 31.6 Å². The van der Waals surface area contributed by atoms with Crippen molar-refractivity contribution in [1.82, 2.24) is 26.6 Å². The molecule has 1 aliphatic rings. The van der Waals surface area contributed by atoms with E-state index in [4.69, 9.17) is 11.5 Å². The lowest BCUT2D eigenvalue weighted by atomic mass is 10.0. The smallest absolute Gasteiger partial charge is 0.303 e. The first-order valence-corrected chi connectivity index (χ1v) is 12.8. The highest BCUT2D eigenvalue weighted by Gasteiger charge is 2.31. The van der Waals surface area contributed by atoms with E-state index < -0.39 is 72.6 Å². The van der Waals surface area contributed by atoms with Gasteiger partial charge in [-0.05, 0) is 31.7 Å². The minimum Gasteiger partial charge on any atom is -0.481 e. The molecule has 0 saturated carbocycles. The number of carboxylic acids is 1. The number of rotatable bonds is 9. The molecule has 1 heterocycles. The maximum Gasteiger partial charge on any atom is 0.303 e. The van der Waals surface area contributed by atoms with Crippen molar-refractivity contribution in [2.75, 3.05) is 13.1 Å². The Morgan fingerprint density at radius 1 is 0.875 bits per heavy atom. The van der Waals surface area contributed by atoms with Crippen LogP contribution in [-0.4, -0.2) is 83.8 Å². The lowest BCUT2D eigenvalue weighted by Crippen LogP contribution is -2.57. The van der Waals surface area contributed by atoms with Gasteiger partial charge in [0.25, 0.3) is 0 Å². The quantitative estimate of drug-likeness (QED) is 0.0883. The highest BCUT2D eigenvalue weighted by molar-refractivity contribution is 5.97. The number of nitrogens with two attached hydrogens (primary N) is 2. The molecule has 1 aliphatic heterocycles. The van der Waals surface area contributed by atoms with E-state index in [9.17, 15) is 33.9 Å². The SMILES string of the molecule is C[C@@H]1NC(=O)CNC(=O)[C@H](CCCN=C(N)N)NC(=O)[C@H](CCC(=O)O)NC(=O)[C@@H](Cc2ccccc2)NC1=O. The highest BCUT2D eigenvalue weighted by atomic mass is 16.4. The first-order valence-electron chi connectivity index (χ1n) is 12.8. The maximum absolute atomic E-state index is 13.3. The van der Waals surface area contributed by atoms with Gasteiger partial charge in [0, 0.05) is 19.4 Å². The Labute approximate surface area is 230 Å². The zero-order valence-electron chi connectivity index (χ0n) is 22.1. The van der Waals surface area contributed by atoms with Gasteiger partial charge in [0.1, 0.15) is 24.2 Å². The fraction of sp³-hybridized carbons (Fsp3) is 0.480. The van der Waals surface area contributed by atoms with Gasteiger partial charge in [-0.1, -0.05) is 30.3 Å². The van der Waals surface area contributed by atoms with Gasteiger partial charge in [-0.25, -0.2) is 0 Å². The molecule has 218 valence electrons. The number of guanidine groups is 1. The number of nitrogens with one attached hydrogen (secondary N) is 5. The lowest BCUT2D eigenvalue weighted by molar-refractivity contribution is -0.138. The molecule has 5 amide bonds. The Bertz CT molecular complexity index is 1110. The van der Waals surface area contributed by atoms with Crippen molar-refractivity contribution in [3.63, 3.8) is 0 Å². The molecule has 0 unspecified atom stereocenters. The summed E-state index contributed by atoms with van der Waals surface area (Å²) in [7, 11) is 0. The Hall–Kier alpha value is -4.69. The molecular weight excluding hydrogens is 524 g/mol. The average Bonchev–Trinajstić information content (AvgIpc) is 2.90. The molecule has 0 spiro atoms. The first kappa shape index (κ1) is 31.5. The van der Waals surface area contributed by atoms with Gasteiger partial charge in [-0.2, -0.15) is 0 Å². The summed E-state index contributed by atoms with van der Waals surface area (Å²) < 4.78 is 0. The zero-order valence-corrected chi connectivity index (χ0v) is 22.1. The number of aliphatic carboxylic acids is 1. The third-order valence-corrected chi connectivity index (χ3v) is 5.97. The molecule has 1 fully saturated rings. The molecule has 1 aromatic rings. The van der Waals surface area contributed by atoms with Gasteiger partial charge in [-0.15, -0.1) is 0 Å². The van der Waals surface area contributed by atoms with Gasteiger partial charge in [0.05, 0.1) is 6.54 Å². The van der Waals surface area contributed by atoms with Crippen molar-refractivity contribution >= 4 is 41.5 Å². The summed E-state index contributed by atoms with van der Waals surface area (Å²) in [5.74, 6) is -4.94. The molecule has 1 saturated heterocycles. The topological polar surface area (TPSA) is 247 Å². The van der Waals surface area contributed by atoms with Gasteiger partial charge in [0.15, 0.2) is 5.96 Å². The van der Waals surface area contributed by atoms with E-state index in [1.807, 2.05) is 0 Å². The lowest BCUT2D eigenvalue weighted by Gasteiger charge is -2.25. The first-order chi connectivity index (χ1) is 19.0. The molecule has 4 atom stereocenters. The number of hydrogen-bond acceptors (Lipinski definition) is 7.